The Morgan fingerprint density at radius 1 is 1.11 bits per heavy atom. The van der Waals surface area contributed by atoms with Crippen molar-refractivity contribution in [1.82, 2.24) is 0 Å². The van der Waals surface area contributed by atoms with Gasteiger partial charge in [-0.25, -0.2) is 4.79 Å². The van der Waals surface area contributed by atoms with Crippen LogP contribution in [0.15, 0.2) is 36.4 Å². The summed E-state index contributed by atoms with van der Waals surface area (Å²) in [5, 5.41) is 9.13. The summed E-state index contributed by atoms with van der Waals surface area (Å²) in [5.74, 6) is -0.403. The Morgan fingerprint density at radius 3 is 2.42 bits per heavy atom. The Kier molecular flexibility index (Phi) is 3.56. The zero-order valence-electron chi connectivity index (χ0n) is 11.2. The maximum Gasteiger partial charge on any atom is 0.335 e. The van der Waals surface area contributed by atoms with E-state index < -0.39 is 5.97 Å². The molecule has 0 atom stereocenters. The van der Waals surface area contributed by atoms with Crippen molar-refractivity contribution < 1.29 is 14.6 Å². The van der Waals surface area contributed by atoms with Crippen molar-refractivity contribution in [1.29, 1.82) is 0 Å². The molecule has 0 saturated carbocycles. The third-order valence-electron chi connectivity index (χ3n) is 3.08. The van der Waals surface area contributed by atoms with E-state index in [9.17, 15) is 4.79 Å². The second kappa shape index (κ2) is 5.14. The number of methoxy groups -OCH3 is 1. The third kappa shape index (κ3) is 2.76. The highest BCUT2D eigenvalue weighted by Gasteiger charge is 2.10. The van der Waals surface area contributed by atoms with Gasteiger partial charge in [-0.05, 0) is 48.7 Å². The van der Waals surface area contributed by atoms with Crippen LogP contribution in [0, 0.1) is 13.8 Å². The normalized spacial score (nSPS) is 10.3. The number of carboxylic acid groups (broad SMARTS) is 1. The third-order valence-corrected chi connectivity index (χ3v) is 3.08. The van der Waals surface area contributed by atoms with E-state index >= 15 is 0 Å². The highest BCUT2D eigenvalue weighted by atomic mass is 16.5. The highest BCUT2D eigenvalue weighted by molar-refractivity contribution is 5.90. The van der Waals surface area contributed by atoms with Crippen LogP contribution in [0.3, 0.4) is 0 Å². The summed E-state index contributed by atoms with van der Waals surface area (Å²) >= 11 is 0. The van der Waals surface area contributed by atoms with E-state index in [1.807, 2.05) is 32.0 Å². The van der Waals surface area contributed by atoms with Crippen LogP contribution in [0.4, 0.5) is 0 Å². The molecule has 2 aromatic carbocycles. The van der Waals surface area contributed by atoms with Crippen molar-refractivity contribution >= 4 is 5.97 Å². The molecule has 0 spiro atoms. The maximum atomic E-state index is 11.1. The maximum absolute atomic E-state index is 11.1. The SMILES string of the molecule is COc1cc(C(=O)O)cc(-c2ccc(C)cc2C)c1. The van der Waals surface area contributed by atoms with Crippen molar-refractivity contribution in [2.24, 2.45) is 0 Å². The number of carbonyl (C=O) groups is 1. The van der Waals surface area contributed by atoms with Crippen molar-refractivity contribution in [3.05, 3.63) is 53.1 Å². The van der Waals surface area contributed by atoms with Crippen molar-refractivity contribution in [3.8, 4) is 16.9 Å². The first-order valence-electron chi connectivity index (χ1n) is 6.01. The fourth-order valence-corrected chi connectivity index (χ4v) is 2.13. The predicted molar refractivity (Wildman–Crippen MR) is 74.9 cm³/mol. The van der Waals surface area contributed by atoms with E-state index in [0.717, 1.165) is 16.7 Å². The number of aryl methyl sites for hydroxylation is 2. The molecular weight excluding hydrogens is 240 g/mol. The second-order valence-electron chi connectivity index (χ2n) is 4.57. The van der Waals surface area contributed by atoms with Gasteiger partial charge < -0.3 is 9.84 Å². The monoisotopic (exact) mass is 256 g/mol. The van der Waals surface area contributed by atoms with Crippen LogP contribution < -0.4 is 4.74 Å². The van der Waals surface area contributed by atoms with Gasteiger partial charge >= 0.3 is 5.97 Å². The fraction of sp³-hybridized carbons (Fsp3) is 0.188. The van der Waals surface area contributed by atoms with Crippen LogP contribution in [-0.4, -0.2) is 18.2 Å². The van der Waals surface area contributed by atoms with Crippen molar-refractivity contribution in [3.63, 3.8) is 0 Å². The molecule has 98 valence electrons. The largest absolute Gasteiger partial charge is 0.497 e. The number of benzene rings is 2. The molecule has 0 aliphatic heterocycles. The molecular formula is C16H16O3. The van der Waals surface area contributed by atoms with Gasteiger partial charge in [-0.15, -0.1) is 0 Å². The van der Waals surface area contributed by atoms with Gasteiger partial charge in [0.15, 0.2) is 0 Å². The van der Waals surface area contributed by atoms with Gasteiger partial charge in [0.05, 0.1) is 12.7 Å². The van der Waals surface area contributed by atoms with E-state index in [1.54, 1.807) is 6.07 Å². The average molecular weight is 256 g/mol. The van der Waals surface area contributed by atoms with E-state index in [1.165, 1.54) is 18.7 Å². The van der Waals surface area contributed by atoms with Gasteiger partial charge in [0, 0.05) is 0 Å². The molecule has 0 fully saturated rings. The Bertz CT molecular complexity index is 630. The van der Waals surface area contributed by atoms with Gasteiger partial charge in [0.25, 0.3) is 0 Å². The number of aromatic carboxylic acids is 1. The summed E-state index contributed by atoms with van der Waals surface area (Å²) in [6.07, 6.45) is 0. The Balaban J connectivity index is 2.60. The Hall–Kier alpha value is -2.29. The smallest absolute Gasteiger partial charge is 0.335 e. The summed E-state index contributed by atoms with van der Waals surface area (Å²) < 4.78 is 5.17. The fourth-order valence-electron chi connectivity index (χ4n) is 2.13. The summed E-state index contributed by atoms with van der Waals surface area (Å²) in [4.78, 5) is 11.1. The molecule has 0 amide bonds. The van der Waals surface area contributed by atoms with Crippen molar-refractivity contribution in [2.75, 3.05) is 7.11 Å². The molecule has 2 aromatic rings. The van der Waals surface area contributed by atoms with Crippen LogP contribution in [0.1, 0.15) is 21.5 Å². The van der Waals surface area contributed by atoms with E-state index in [-0.39, 0.29) is 5.56 Å². The summed E-state index contributed by atoms with van der Waals surface area (Å²) in [5.41, 5.74) is 4.41. The molecule has 0 aliphatic rings. The molecule has 3 nitrogen and oxygen atoms in total. The average Bonchev–Trinajstić information content (AvgIpc) is 2.38. The number of hydrogen-bond acceptors (Lipinski definition) is 2. The topological polar surface area (TPSA) is 46.5 Å². The van der Waals surface area contributed by atoms with Gasteiger partial charge in [0.2, 0.25) is 0 Å². The van der Waals surface area contributed by atoms with Crippen LogP contribution >= 0.6 is 0 Å². The van der Waals surface area contributed by atoms with Gasteiger partial charge in [-0.3, -0.25) is 0 Å². The van der Waals surface area contributed by atoms with E-state index in [2.05, 4.69) is 6.07 Å². The minimum absolute atomic E-state index is 0.231. The molecule has 0 bridgehead atoms. The molecule has 0 aliphatic carbocycles. The lowest BCUT2D eigenvalue weighted by Gasteiger charge is -2.10. The molecule has 0 unspecified atom stereocenters. The molecule has 2 rings (SSSR count). The van der Waals surface area contributed by atoms with Crippen molar-refractivity contribution in [2.45, 2.75) is 13.8 Å². The number of ether oxygens (including phenoxy) is 1. The van der Waals surface area contributed by atoms with E-state index in [4.69, 9.17) is 9.84 Å². The summed E-state index contributed by atoms with van der Waals surface area (Å²) in [7, 11) is 1.53. The molecule has 19 heavy (non-hydrogen) atoms. The zero-order valence-corrected chi connectivity index (χ0v) is 11.2. The predicted octanol–water partition coefficient (Wildman–Crippen LogP) is 3.68. The van der Waals surface area contributed by atoms with Crippen LogP contribution in [-0.2, 0) is 0 Å². The standard InChI is InChI=1S/C16H16O3/c1-10-4-5-15(11(2)6-10)12-7-13(16(17)18)9-14(8-12)19-3/h4-9H,1-3H3,(H,17,18). The number of hydrogen-bond donors (Lipinski definition) is 1. The lowest BCUT2D eigenvalue weighted by Crippen LogP contribution is -1.98. The molecule has 3 heteroatoms. The van der Waals surface area contributed by atoms with Crippen LogP contribution in [0.5, 0.6) is 5.75 Å². The lowest BCUT2D eigenvalue weighted by atomic mass is 9.97. The van der Waals surface area contributed by atoms with Crippen LogP contribution in [0.2, 0.25) is 0 Å². The zero-order chi connectivity index (χ0) is 14.0. The van der Waals surface area contributed by atoms with Gasteiger partial charge in [0.1, 0.15) is 5.75 Å². The lowest BCUT2D eigenvalue weighted by molar-refractivity contribution is 0.0696. The molecule has 0 aromatic heterocycles. The molecule has 0 radical (unpaired) electrons. The Labute approximate surface area is 112 Å². The van der Waals surface area contributed by atoms with E-state index in [0.29, 0.717) is 5.75 Å². The highest BCUT2D eigenvalue weighted by Crippen LogP contribution is 2.29. The van der Waals surface area contributed by atoms with Gasteiger partial charge in [-0.1, -0.05) is 23.8 Å². The molecule has 1 N–H and O–H groups in total. The minimum atomic E-state index is -0.954. The van der Waals surface area contributed by atoms with Crippen LogP contribution in [0.25, 0.3) is 11.1 Å². The number of rotatable bonds is 3. The Morgan fingerprint density at radius 2 is 1.84 bits per heavy atom. The first-order valence-corrected chi connectivity index (χ1v) is 6.01. The molecule has 0 saturated heterocycles. The van der Waals surface area contributed by atoms with Gasteiger partial charge in [-0.2, -0.15) is 0 Å². The molecule has 0 heterocycles. The number of carboxylic acids is 1. The summed E-state index contributed by atoms with van der Waals surface area (Å²) in [6, 6.07) is 11.1. The second-order valence-corrected chi connectivity index (χ2v) is 4.57. The summed E-state index contributed by atoms with van der Waals surface area (Å²) in [6.45, 7) is 4.05. The first kappa shape index (κ1) is 13.1. The minimum Gasteiger partial charge on any atom is -0.497 e. The quantitative estimate of drug-likeness (QED) is 0.911. The first-order chi connectivity index (χ1) is 9.01.